The number of nitrogens with one attached hydrogen (secondary N) is 1. The third-order valence-corrected chi connectivity index (χ3v) is 3.52. The average molecular weight is 249 g/mol. The van der Waals surface area contributed by atoms with Crippen molar-refractivity contribution in [3.63, 3.8) is 0 Å². The van der Waals surface area contributed by atoms with Gasteiger partial charge >= 0.3 is 0 Å². The van der Waals surface area contributed by atoms with Gasteiger partial charge in [-0.2, -0.15) is 0 Å². The molecule has 2 unspecified atom stereocenters. The summed E-state index contributed by atoms with van der Waals surface area (Å²) in [5.41, 5.74) is 0.627. The summed E-state index contributed by atoms with van der Waals surface area (Å²) in [6, 6.07) is 6.83. The molecule has 1 aromatic rings. The highest BCUT2D eigenvalue weighted by atomic mass is 16.3. The molecule has 98 valence electrons. The van der Waals surface area contributed by atoms with Crippen LogP contribution < -0.4 is 5.32 Å². The van der Waals surface area contributed by atoms with E-state index in [1.54, 1.807) is 24.3 Å². The van der Waals surface area contributed by atoms with E-state index in [0.717, 1.165) is 19.3 Å². The number of carbonyl (C=O) groups excluding carboxylic acids is 1. The summed E-state index contributed by atoms with van der Waals surface area (Å²) in [7, 11) is 0. The van der Waals surface area contributed by atoms with Crippen LogP contribution in [0.3, 0.4) is 0 Å². The summed E-state index contributed by atoms with van der Waals surface area (Å²) in [6.07, 6.45) is 2.73. The van der Waals surface area contributed by atoms with Crippen LogP contribution in [-0.4, -0.2) is 28.8 Å². The van der Waals surface area contributed by atoms with Crippen molar-refractivity contribution in [2.24, 2.45) is 5.92 Å². The van der Waals surface area contributed by atoms with Crippen molar-refractivity contribution in [1.29, 1.82) is 0 Å². The molecule has 3 N–H and O–H groups in total. The predicted molar refractivity (Wildman–Crippen MR) is 68.2 cm³/mol. The molecular weight excluding hydrogens is 230 g/mol. The first kappa shape index (κ1) is 12.9. The molecule has 18 heavy (non-hydrogen) atoms. The SMILES string of the molecule is O=C(Cc1ccccc1O)NCC1CCCC1O. The minimum absolute atomic E-state index is 0.115. The summed E-state index contributed by atoms with van der Waals surface area (Å²) >= 11 is 0. The van der Waals surface area contributed by atoms with Crippen molar-refractivity contribution >= 4 is 5.91 Å². The number of aliphatic hydroxyl groups is 1. The van der Waals surface area contributed by atoms with Gasteiger partial charge in [0.15, 0.2) is 0 Å². The molecule has 1 aromatic carbocycles. The van der Waals surface area contributed by atoms with Gasteiger partial charge in [0, 0.05) is 18.0 Å². The molecule has 0 bridgehead atoms. The van der Waals surface area contributed by atoms with E-state index in [2.05, 4.69) is 5.32 Å². The first-order valence-corrected chi connectivity index (χ1v) is 6.38. The Morgan fingerprint density at radius 1 is 1.33 bits per heavy atom. The molecule has 0 aliphatic heterocycles. The lowest BCUT2D eigenvalue weighted by atomic mass is 10.1. The number of rotatable bonds is 4. The average Bonchev–Trinajstić information content (AvgIpc) is 2.75. The Morgan fingerprint density at radius 2 is 2.11 bits per heavy atom. The van der Waals surface area contributed by atoms with Gasteiger partial charge in [-0.05, 0) is 18.9 Å². The molecular formula is C14H19NO3. The Morgan fingerprint density at radius 3 is 2.78 bits per heavy atom. The standard InChI is InChI=1S/C14H19NO3/c16-12-6-2-1-4-10(12)8-14(18)15-9-11-5-3-7-13(11)17/h1-2,4,6,11,13,16-17H,3,5,7-9H2,(H,15,18). The summed E-state index contributed by atoms with van der Waals surface area (Å²) in [4.78, 5) is 11.7. The lowest BCUT2D eigenvalue weighted by molar-refractivity contribution is -0.120. The highest BCUT2D eigenvalue weighted by Gasteiger charge is 2.25. The van der Waals surface area contributed by atoms with Crippen molar-refractivity contribution in [2.45, 2.75) is 31.8 Å². The molecule has 2 atom stereocenters. The normalized spacial score (nSPS) is 22.9. The molecule has 4 nitrogen and oxygen atoms in total. The van der Waals surface area contributed by atoms with Gasteiger partial charge in [-0.1, -0.05) is 24.6 Å². The van der Waals surface area contributed by atoms with Crippen LogP contribution in [-0.2, 0) is 11.2 Å². The van der Waals surface area contributed by atoms with Crippen LogP contribution in [0.25, 0.3) is 0 Å². The maximum Gasteiger partial charge on any atom is 0.224 e. The first-order valence-electron chi connectivity index (χ1n) is 6.38. The second kappa shape index (κ2) is 5.87. The van der Waals surface area contributed by atoms with Crippen LogP contribution in [0.15, 0.2) is 24.3 Å². The van der Waals surface area contributed by atoms with Crippen LogP contribution in [0.4, 0.5) is 0 Å². The zero-order valence-corrected chi connectivity index (χ0v) is 10.3. The van der Waals surface area contributed by atoms with Crippen LogP contribution in [0.1, 0.15) is 24.8 Å². The molecule has 4 heteroatoms. The van der Waals surface area contributed by atoms with Crippen LogP contribution >= 0.6 is 0 Å². The van der Waals surface area contributed by atoms with E-state index in [1.807, 2.05) is 0 Å². The smallest absolute Gasteiger partial charge is 0.224 e. The van der Waals surface area contributed by atoms with Crippen LogP contribution in [0.5, 0.6) is 5.75 Å². The van der Waals surface area contributed by atoms with Crippen LogP contribution in [0, 0.1) is 5.92 Å². The second-order valence-electron chi connectivity index (χ2n) is 4.87. The van der Waals surface area contributed by atoms with Gasteiger partial charge in [-0.3, -0.25) is 4.79 Å². The monoisotopic (exact) mass is 249 g/mol. The van der Waals surface area contributed by atoms with Crippen LogP contribution in [0.2, 0.25) is 0 Å². The summed E-state index contributed by atoms with van der Waals surface area (Å²) in [5.74, 6) is 0.211. The van der Waals surface area contributed by atoms with Gasteiger partial charge in [0.1, 0.15) is 5.75 Å². The third kappa shape index (κ3) is 3.23. The largest absolute Gasteiger partial charge is 0.508 e. The van der Waals surface area contributed by atoms with E-state index >= 15 is 0 Å². The minimum atomic E-state index is -0.282. The molecule has 1 aliphatic rings. The molecule has 0 spiro atoms. The topological polar surface area (TPSA) is 69.6 Å². The van der Waals surface area contributed by atoms with E-state index in [0.29, 0.717) is 12.1 Å². The number of benzene rings is 1. The molecule has 1 aliphatic carbocycles. The molecule has 0 aromatic heterocycles. The second-order valence-corrected chi connectivity index (χ2v) is 4.87. The maximum atomic E-state index is 11.7. The van der Waals surface area contributed by atoms with Crippen molar-refractivity contribution in [3.8, 4) is 5.75 Å². The van der Waals surface area contributed by atoms with Gasteiger partial charge in [0.2, 0.25) is 5.91 Å². The van der Waals surface area contributed by atoms with Crippen molar-refractivity contribution in [2.75, 3.05) is 6.54 Å². The highest BCUT2D eigenvalue weighted by Crippen LogP contribution is 2.24. The number of aromatic hydroxyl groups is 1. The van der Waals surface area contributed by atoms with Gasteiger partial charge in [0.25, 0.3) is 0 Å². The molecule has 0 heterocycles. The lowest BCUT2D eigenvalue weighted by Crippen LogP contribution is -2.33. The Labute approximate surface area is 107 Å². The van der Waals surface area contributed by atoms with E-state index in [4.69, 9.17) is 0 Å². The predicted octanol–water partition coefficient (Wildman–Crippen LogP) is 1.21. The summed E-state index contributed by atoms with van der Waals surface area (Å²) in [6.45, 7) is 0.521. The van der Waals surface area contributed by atoms with Gasteiger partial charge in [-0.25, -0.2) is 0 Å². The van der Waals surface area contributed by atoms with E-state index in [-0.39, 0.29) is 30.1 Å². The van der Waals surface area contributed by atoms with Crippen molar-refractivity contribution in [3.05, 3.63) is 29.8 Å². The molecule has 1 amide bonds. The Balaban J connectivity index is 1.80. The Hall–Kier alpha value is -1.55. The van der Waals surface area contributed by atoms with Crippen molar-refractivity contribution in [1.82, 2.24) is 5.32 Å². The van der Waals surface area contributed by atoms with E-state index in [9.17, 15) is 15.0 Å². The summed E-state index contributed by atoms with van der Waals surface area (Å²) in [5, 5.41) is 22.0. The number of aliphatic hydroxyl groups excluding tert-OH is 1. The van der Waals surface area contributed by atoms with Gasteiger partial charge < -0.3 is 15.5 Å². The number of amides is 1. The number of phenols is 1. The highest BCUT2D eigenvalue weighted by molar-refractivity contribution is 5.79. The number of para-hydroxylation sites is 1. The fourth-order valence-corrected chi connectivity index (χ4v) is 2.40. The fourth-order valence-electron chi connectivity index (χ4n) is 2.40. The number of carbonyl (C=O) groups is 1. The fraction of sp³-hybridized carbons (Fsp3) is 0.500. The van der Waals surface area contributed by atoms with E-state index < -0.39 is 0 Å². The Bertz CT molecular complexity index is 419. The van der Waals surface area contributed by atoms with Crippen molar-refractivity contribution < 1.29 is 15.0 Å². The molecule has 2 rings (SSSR count). The third-order valence-electron chi connectivity index (χ3n) is 3.52. The molecule has 0 saturated heterocycles. The maximum absolute atomic E-state index is 11.7. The molecule has 1 saturated carbocycles. The molecule has 0 radical (unpaired) electrons. The summed E-state index contributed by atoms with van der Waals surface area (Å²) < 4.78 is 0. The number of phenolic OH excluding ortho intramolecular Hbond substituents is 1. The number of hydrogen-bond acceptors (Lipinski definition) is 3. The van der Waals surface area contributed by atoms with E-state index in [1.165, 1.54) is 0 Å². The number of hydrogen-bond donors (Lipinski definition) is 3. The quantitative estimate of drug-likeness (QED) is 0.751. The van der Waals surface area contributed by atoms with Gasteiger partial charge in [-0.15, -0.1) is 0 Å². The Kier molecular flexibility index (Phi) is 4.20. The van der Waals surface area contributed by atoms with Gasteiger partial charge in [0.05, 0.1) is 12.5 Å². The molecule has 1 fully saturated rings. The first-order chi connectivity index (χ1) is 8.66. The zero-order chi connectivity index (χ0) is 13.0. The lowest BCUT2D eigenvalue weighted by Gasteiger charge is -2.15. The zero-order valence-electron chi connectivity index (χ0n) is 10.3. The minimum Gasteiger partial charge on any atom is -0.508 e.